The number of thioether (sulfide) groups is 1. The summed E-state index contributed by atoms with van der Waals surface area (Å²) in [5.41, 5.74) is 5.56. The number of hydrogen-bond donors (Lipinski definition) is 2. The molecule has 1 amide bonds. The molecule has 3 nitrogen and oxygen atoms in total. The molecule has 19 heavy (non-hydrogen) atoms. The fourth-order valence-corrected chi connectivity index (χ4v) is 4.46. The van der Waals surface area contributed by atoms with Gasteiger partial charge in [0.05, 0.1) is 15.8 Å². The van der Waals surface area contributed by atoms with Crippen LogP contribution in [-0.2, 0) is 4.79 Å². The Labute approximate surface area is 125 Å². The van der Waals surface area contributed by atoms with Gasteiger partial charge in [-0.05, 0) is 31.4 Å². The molecule has 0 aromatic rings. The van der Waals surface area contributed by atoms with Gasteiger partial charge in [-0.25, -0.2) is 0 Å². The fourth-order valence-electron chi connectivity index (χ4n) is 3.04. The number of hydrogen-bond acceptors (Lipinski definition) is 3. The fraction of sp³-hybridized carbons (Fsp3) is 0.857. The highest BCUT2D eigenvalue weighted by Crippen LogP contribution is 2.30. The standard InChI is InChI=1S/C14H24N2OS2/c15-13(18)14(8-4-2-1-3-5-9-14)16-12(17)11-7-6-10-19-11/h11H,1-10H2,(H2,15,18)(H,16,17). The van der Waals surface area contributed by atoms with Crippen molar-refractivity contribution in [2.24, 2.45) is 5.73 Å². The van der Waals surface area contributed by atoms with Crippen molar-refractivity contribution in [3.63, 3.8) is 0 Å². The first-order valence-corrected chi connectivity index (χ1v) is 8.83. The molecule has 1 saturated carbocycles. The monoisotopic (exact) mass is 300 g/mol. The zero-order valence-corrected chi connectivity index (χ0v) is 13.1. The largest absolute Gasteiger partial charge is 0.391 e. The Morgan fingerprint density at radius 3 is 2.32 bits per heavy atom. The highest BCUT2D eigenvalue weighted by molar-refractivity contribution is 8.00. The quantitative estimate of drug-likeness (QED) is 0.787. The summed E-state index contributed by atoms with van der Waals surface area (Å²) in [5, 5.41) is 3.32. The molecule has 0 aromatic carbocycles. The SMILES string of the molecule is NC(=S)C1(NC(=O)C2CCCS2)CCCCCCC1. The van der Waals surface area contributed by atoms with Crippen LogP contribution in [0.3, 0.4) is 0 Å². The molecule has 3 N–H and O–H groups in total. The molecule has 5 heteroatoms. The average Bonchev–Trinajstić information content (AvgIpc) is 2.86. The third-order valence-corrected chi connectivity index (χ3v) is 6.03. The van der Waals surface area contributed by atoms with Crippen LogP contribution in [0.2, 0.25) is 0 Å². The minimum absolute atomic E-state index is 0.108. The number of thiocarbonyl (C=S) groups is 1. The topological polar surface area (TPSA) is 55.1 Å². The van der Waals surface area contributed by atoms with Crippen LogP contribution in [0.4, 0.5) is 0 Å². The molecule has 2 fully saturated rings. The van der Waals surface area contributed by atoms with Gasteiger partial charge in [0.15, 0.2) is 0 Å². The predicted molar refractivity (Wildman–Crippen MR) is 85.5 cm³/mol. The minimum atomic E-state index is -0.421. The Kier molecular flexibility index (Phi) is 5.51. The van der Waals surface area contributed by atoms with Crippen LogP contribution in [0.25, 0.3) is 0 Å². The van der Waals surface area contributed by atoms with Crippen molar-refractivity contribution in [3.05, 3.63) is 0 Å². The molecule has 2 aliphatic rings. The number of rotatable bonds is 3. The first-order valence-electron chi connectivity index (χ1n) is 7.38. The van der Waals surface area contributed by atoms with Crippen molar-refractivity contribution in [1.29, 1.82) is 0 Å². The van der Waals surface area contributed by atoms with Gasteiger partial charge in [0.25, 0.3) is 0 Å². The van der Waals surface area contributed by atoms with Crippen LogP contribution in [0.5, 0.6) is 0 Å². The van der Waals surface area contributed by atoms with Gasteiger partial charge in [-0.3, -0.25) is 4.79 Å². The van der Waals surface area contributed by atoms with Gasteiger partial charge in [-0.2, -0.15) is 0 Å². The first kappa shape index (κ1) is 15.1. The Morgan fingerprint density at radius 2 is 1.79 bits per heavy atom. The van der Waals surface area contributed by atoms with Crippen molar-refractivity contribution >= 4 is 34.9 Å². The van der Waals surface area contributed by atoms with E-state index in [1.165, 1.54) is 19.3 Å². The van der Waals surface area contributed by atoms with E-state index in [-0.39, 0.29) is 11.2 Å². The second kappa shape index (κ2) is 6.93. The van der Waals surface area contributed by atoms with Crippen molar-refractivity contribution < 1.29 is 4.79 Å². The van der Waals surface area contributed by atoms with E-state index in [9.17, 15) is 4.79 Å². The number of carbonyl (C=O) groups excluding carboxylic acids is 1. The lowest BCUT2D eigenvalue weighted by atomic mass is 9.83. The molecule has 1 unspecified atom stereocenters. The Morgan fingerprint density at radius 1 is 1.16 bits per heavy atom. The molecule has 1 heterocycles. The number of carbonyl (C=O) groups is 1. The van der Waals surface area contributed by atoms with Gasteiger partial charge in [0, 0.05) is 0 Å². The summed E-state index contributed by atoms with van der Waals surface area (Å²) >= 11 is 7.04. The molecule has 0 aromatic heterocycles. The predicted octanol–water partition coefficient (Wildman–Crippen LogP) is 2.77. The lowest BCUT2D eigenvalue weighted by Crippen LogP contribution is -2.58. The van der Waals surface area contributed by atoms with Gasteiger partial charge in [0.1, 0.15) is 0 Å². The minimum Gasteiger partial charge on any atom is -0.391 e. The summed E-state index contributed by atoms with van der Waals surface area (Å²) in [6.45, 7) is 0. The third-order valence-electron chi connectivity index (χ3n) is 4.26. The molecule has 0 radical (unpaired) electrons. The van der Waals surface area contributed by atoms with Gasteiger partial charge in [0.2, 0.25) is 5.91 Å². The zero-order chi connectivity index (χ0) is 13.7. The Bertz CT molecular complexity index is 332. The maximum atomic E-state index is 12.4. The molecule has 1 aliphatic carbocycles. The van der Waals surface area contributed by atoms with E-state index in [0.717, 1.165) is 44.3 Å². The van der Waals surface area contributed by atoms with Crippen LogP contribution < -0.4 is 11.1 Å². The van der Waals surface area contributed by atoms with E-state index in [0.29, 0.717) is 4.99 Å². The molecule has 1 aliphatic heterocycles. The first-order chi connectivity index (χ1) is 9.14. The van der Waals surface area contributed by atoms with E-state index >= 15 is 0 Å². The summed E-state index contributed by atoms with van der Waals surface area (Å²) in [7, 11) is 0. The summed E-state index contributed by atoms with van der Waals surface area (Å²) in [5.74, 6) is 1.24. The number of nitrogens with one attached hydrogen (secondary N) is 1. The molecular weight excluding hydrogens is 276 g/mol. The number of amides is 1. The normalized spacial score (nSPS) is 27.3. The summed E-state index contributed by atoms with van der Waals surface area (Å²) in [4.78, 5) is 12.9. The molecule has 1 atom stereocenters. The van der Waals surface area contributed by atoms with Crippen molar-refractivity contribution in [1.82, 2.24) is 5.32 Å². The molecule has 108 valence electrons. The second-order valence-corrected chi connectivity index (χ2v) is 7.46. The Balaban J connectivity index is 2.04. The maximum absolute atomic E-state index is 12.4. The van der Waals surface area contributed by atoms with Crippen molar-refractivity contribution in [3.8, 4) is 0 Å². The highest BCUT2D eigenvalue weighted by atomic mass is 32.2. The van der Waals surface area contributed by atoms with Gasteiger partial charge in [-0.1, -0.05) is 44.3 Å². The van der Waals surface area contributed by atoms with Crippen molar-refractivity contribution in [2.75, 3.05) is 5.75 Å². The van der Waals surface area contributed by atoms with E-state index in [2.05, 4.69) is 5.32 Å². The third kappa shape index (κ3) is 3.85. The lowest BCUT2D eigenvalue weighted by Gasteiger charge is -2.36. The number of nitrogens with two attached hydrogens (primary N) is 1. The van der Waals surface area contributed by atoms with Crippen LogP contribution in [0.15, 0.2) is 0 Å². The van der Waals surface area contributed by atoms with Crippen LogP contribution in [0, 0.1) is 0 Å². The maximum Gasteiger partial charge on any atom is 0.233 e. The van der Waals surface area contributed by atoms with Gasteiger partial charge >= 0.3 is 0 Å². The summed E-state index contributed by atoms with van der Waals surface area (Å²) in [6.07, 6.45) is 9.89. The highest BCUT2D eigenvalue weighted by Gasteiger charge is 2.37. The van der Waals surface area contributed by atoms with Crippen LogP contribution >= 0.6 is 24.0 Å². The lowest BCUT2D eigenvalue weighted by molar-refractivity contribution is -0.122. The molecule has 1 saturated heterocycles. The van der Waals surface area contributed by atoms with E-state index in [4.69, 9.17) is 18.0 Å². The van der Waals surface area contributed by atoms with E-state index in [1.54, 1.807) is 11.8 Å². The molecule has 0 bridgehead atoms. The molecule has 2 rings (SSSR count). The summed E-state index contributed by atoms with van der Waals surface area (Å²) < 4.78 is 0. The van der Waals surface area contributed by atoms with Gasteiger partial charge in [-0.15, -0.1) is 11.8 Å². The Hall–Kier alpha value is -0.290. The average molecular weight is 300 g/mol. The smallest absolute Gasteiger partial charge is 0.233 e. The van der Waals surface area contributed by atoms with Crippen LogP contribution in [0.1, 0.15) is 57.8 Å². The van der Waals surface area contributed by atoms with E-state index in [1.807, 2.05) is 0 Å². The molecule has 0 spiro atoms. The van der Waals surface area contributed by atoms with Crippen LogP contribution in [-0.4, -0.2) is 27.4 Å². The van der Waals surface area contributed by atoms with E-state index < -0.39 is 5.54 Å². The zero-order valence-electron chi connectivity index (χ0n) is 11.5. The second-order valence-electron chi connectivity index (χ2n) is 5.71. The molecular formula is C14H24N2OS2. The van der Waals surface area contributed by atoms with Crippen molar-refractivity contribution in [2.45, 2.75) is 68.6 Å². The van der Waals surface area contributed by atoms with Gasteiger partial charge < -0.3 is 11.1 Å². The summed E-state index contributed by atoms with van der Waals surface area (Å²) in [6, 6.07) is 0.